The van der Waals surface area contributed by atoms with Crippen molar-refractivity contribution in [2.75, 3.05) is 6.54 Å². The highest BCUT2D eigenvalue weighted by molar-refractivity contribution is 5.67. The second-order valence-electron chi connectivity index (χ2n) is 3.38. The molecule has 5 heteroatoms. The van der Waals surface area contributed by atoms with E-state index in [4.69, 9.17) is 4.74 Å². The summed E-state index contributed by atoms with van der Waals surface area (Å²) in [4.78, 5) is 11.1. The van der Waals surface area contributed by atoms with Crippen LogP contribution in [0.15, 0.2) is 43.0 Å². The molecule has 1 rings (SSSR count). The number of hydrogen-bond acceptors (Lipinski definition) is 2. The lowest BCUT2D eigenvalue weighted by Crippen LogP contribution is -2.35. The monoisotopic (exact) mass is 241 g/mol. The SMILES string of the molecule is C=CC(F)(F)CNC(=O)OCc1ccccc1. The van der Waals surface area contributed by atoms with Crippen molar-refractivity contribution in [3.05, 3.63) is 48.6 Å². The molecule has 17 heavy (non-hydrogen) atoms. The molecule has 0 fully saturated rings. The van der Waals surface area contributed by atoms with Gasteiger partial charge in [0.2, 0.25) is 0 Å². The average molecular weight is 241 g/mol. The lowest BCUT2D eigenvalue weighted by molar-refractivity contribution is 0.0515. The lowest BCUT2D eigenvalue weighted by atomic mass is 10.2. The van der Waals surface area contributed by atoms with Gasteiger partial charge in [-0.3, -0.25) is 0 Å². The molecule has 1 N–H and O–H groups in total. The molecule has 1 aromatic rings. The number of ether oxygens (including phenoxy) is 1. The first kappa shape index (κ1) is 13.2. The second-order valence-corrected chi connectivity index (χ2v) is 3.38. The summed E-state index contributed by atoms with van der Waals surface area (Å²) in [6.45, 7) is 2.19. The highest BCUT2D eigenvalue weighted by Gasteiger charge is 2.24. The topological polar surface area (TPSA) is 38.3 Å². The molecular weight excluding hydrogens is 228 g/mol. The van der Waals surface area contributed by atoms with E-state index >= 15 is 0 Å². The summed E-state index contributed by atoms with van der Waals surface area (Å²) in [5, 5.41) is 1.96. The van der Waals surface area contributed by atoms with Gasteiger partial charge in [0.1, 0.15) is 6.61 Å². The van der Waals surface area contributed by atoms with Gasteiger partial charge in [0.15, 0.2) is 0 Å². The van der Waals surface area contributed by atoms with Crippen LogP contribution in [0.25, 0.3) is 0 Å². The van der Waals surface area contributed by atoms with Crippen molar-refractivity contribution in [1.82, 2.24) is 5.32 Å². The predicted octanol–water partition coefficient (Wildman–Crippen LogP) is 2.73. The fourth-order valence-electron chi connectivity index (χ4n) is 1.04. The normalized spacial score (nSPS) is 10.7. The summed E-state index contributed by atoms with van der Waals surface area (Å²) < 4.78 is 30.1. The Morgan fingerprint density at radius 3 is 2.65 bits per heavy atom. The van der Waals surface area contributed by atoms with Crippen molar-refractivity contribution in [1.29, 1.82) is 0 Å². The van der Waals surface area contributed by atoms with E-state index in [2.05, 4.69) is 6.58 Å². The molecule has 0 aromatic heterocycles. The molecule has 1 amide bonds. The number of nitrogens with one attached hydrogen (secondary N) is 1. The summed E-state index contributed by atoms with van der Waals surface area (Å²) in [7, 11) is 0. The predicted molar refractivity (Wildman–Crippen MR) is 59.8 cm³/mol. The van der Waals surface area contributed by atoms with Crippen molar-refractivity contribution in [2.45, 2.75) is 12.5 Å². The Hall–Kier alpha value is -1.91. The zero-order valence-electron chi connectivity index (χ0n) is 9.16. The third-order valence-corrected chi connectivity index (χ3v) is 1.98. The number of benzene rings is 1. The Morgan fingerprint density at radius 2 is 2.06 bits per heavy atom. The van der Waals surface area contributed by atoms with Crippen LogP contribution in [0.3, 0.4) is 0 Å². The fourth-order valence-corrected chi connectivity index (χ4v) is 1.04. The minimum absolute atomic E-state index is 0.0480. The van der Waals surface area contributed by atoms with Gasteiger partial charge in [-0.05, 0) is 11.6 Å². The van der Waals surface area contributed by atoms with Crippen LogP contribution in [0.2, 0.25) is 0 Å². The van der Waals surface area contributed by atoms with Crippen molar-refractivity contribution in [2.24, 2.45) is 0 Å². The van der Waals surface area contributed by atoms with E-state index in [0.29, 0.717) is 6.08 Å². The number of hydrogen-bond donors (Lipinski definition) is 1. The van der Waals surface area contributed by atoms with Crippen molar-refractivity contribution in [3.8, 4) is 0 Å². The van der Waals surface area contributed by atoms with E-state index in [1.165, 1.54) is 0 Å². The third kappa shape index (κ3) is 5.10. The van der Waals surface area contributed by atoms with E-state index in [0.717, 1.165) is 5.56 Å². The van der Waals surface area contributed by atoms with Crippen LogP contribution in [-0.2, 0) is 11.3 Å². The molecule has 0 aliphatic carbocycles. The highest BCUT2D eigenvalue weighted by atomic mass is 19.3. The molecule has 0 aliphatic rings. The standard InChI is InChI=1S/C12H13F2NO2/c1-2-12(13,14)9-15-11(16)17-8-10-6-4-3-5-7-10/h2-7H,1,8-9H2,(H,15,16). The molecule has 1 aromatic carbocycles. The average Bonchev–Trinajstić information content (AvgIpc) is 2.35. The highest BCUT2D eigenvalue weighted by Crippen LogP contribution is 2.12. The van der Waals surface area contributed by atoms with Crippen molar-refractivity contribution < 1.29 is 18.3 Å². The Labute approximate surface area is 98.1 Å². The van der Waals surface area contributed by atoms with Gasteiger partial charge < -0.3 is 10.1 Å². The molecule has 3 nitrogen and oxygen atoms in total. The van der Waals surface area contributed by atoms with E-state index in [1.807, 2.05) is 11.4 Å². The lowest BCUT2D eigenvalue weighted by Gasteiger charge is -2.12. The number of carbonyl (C=O) groups is 1. The maximum absolute atomic E-state index is 12.7. The number of halogens is 2. The van der Waals surface area contributed by atoms with Crippen LogP contribution in [0, 0.1) is 0 Å². The van der Waals surface area contributed by atoms with Gasteiger partial charge >= 0.3 is 6.09 Å². The molecule has 0 saturated heterocycles. The van der Waals surface area contributed by atoms with Crippen LogP contribution in [0.5, 0.6) is 0 Å². The minimum atomic E-state index is -3.12. The number of amides is 1. The largest absolute Gasteiger partial charge is 0.445 e. The fraction of sp³-hybridized carbons (Fsp3) is 0.250. The summed E-state index contributed by atoms with van der Waals surface area (Å²) in [6, 6.07) is 8.95. The van der Waals surface area contributed by atoms with Crippen LogP contribution in [0.4, 0.5) is 13.6 Å². The van der Waals surface area contributed by atoms with Gasteiger partial charge in [-0.1, -0.05) is 36.9 Å². The smallest absolute Gasteiger partial charge is 0.407 e. The van der Waals surface area contributed by atoms with Gasteiger partial charge in [-0.25, -0.2) is 13.6 Å². The number of carbonyl (C=O) groups excluding carboxylic acids is 1. The first-order valence-electron chi connectivity index (χ1n) is 4.99. The molecule has 0 aliphatic heterocycles. The molecule has 92 valence electrons. The first-order chi connectivity index (χ1) is 8.03. The van der Waals surface area contributed by atoms with Crippen LogP contribution < -0.4 is 5.32 Å². The van der Waals surface area contributed by atoms with Crippen molar-refractivity contribution in [3.63, 3.8) is 0 Å². The van der Waals surface area contributed by atoms with E-state index in [1.54, 1.807) is 24.3 Å². The van der Waals surface area contributed by atoms with Crippen molar-refractivity contribution >= 4 is 6.09 Å². The van der Waals surface area contributed by atoms with Crippen LogP contribution in [0.1, 0.15) is 5.56 Å². The van der Waals surface area contributed by atoms with E-state index in [-0.39, 0.29) is 6.61 Å². The summed E-state index contributed by atoms with van der Waals surface area (Å²) >= 11 is 0. The maximum Gasteiger partial charge on any atom is 0.407 e. The van der Waals surface area contributed by atoms with Crippen LogP contribution >= 0.6 is 0 Å². The Kier molecular flexibility index (Phi) is 4.63. The number of alkyl carbamates (subject to hydrolysis) is 1. The molecule has 0 bridgehead atoms. The molecule has 0 spiro atoms. The van der Waals surface area contributed by atoms with E-state index in [9.17, 15) is 13.6 Å². The van der Waals surface area contributed by atoms with Gasteiger partial charge in [0.25, 0.3) is 5.92 Å². The zero-order chi connectivity index (χ0) is 12.7. The molecule has 0 heterocycles. The van der Waals surface area contributed by atoms with Gasteiger partial charge in [0.05, 0.1) is 6.54 Å². The molecule has 0 atom stereocenters. The zero-order valence-corrected chi connectivity index (χ0v) is 9.16. The third-order valence-electron chi connectivity index (χ3n) is 1.98. The second kappa shape index (κ2) is 5.98. The van der Waals surface area contributed by atoms with Crippen LogP contribution in [-0.4, -0.2) is 18.6 Å². The minimum Gasteiger partial charge on any atom is -0.445 e. The Morgan fingerprint density at radius 1 is 1.41 bits per heavy atom. The molecule has 0 unspecified atom stereocenters. The first-order valence-corrected chi connectivity index (χ1v) is 4.99. The Balaban J connectivity index is 2.29. The van der Waals surface area contributed by atoms with Gasteiger partial charge in [0, 0.05) is 0 Å². The van der Waals surface area contributed by atoms with Gasteiger partial charge in [-0.2, -0.15) is 0 Å². The Bertz CT molecular complexity index is 379. The van der Waals surface area contributed by atoms with Gasteiger partial charge in [-0.15, -0.1) is 0 Å². The quantitative estimate of drug-likeness (QED) is 0.805. The summed E-state index contributed by atoms with van der Waals surface area (Å²) in [5.74, 6) is -3.12. The molecule has 0 saturated carbocycles. The summed E-state index contributed by atoms with van der Waals surface area (Å²) in [5.41, 5.74) is 0.790. The molecular formula is C12H13F2NO2. The maximum atomic E-state index is 12.7. The number of rotatable bonds is 5. The van der Waals surface area contributed by atoms with E-state index < -0.39 is 18.6 Å². The summed E-state index contributed by atoms with van der Waals surface area (Å²) in [6.07, 6.45) is -0.403. The molecule has 0 radical (unpaired) electrons. The number of alkyl halides is 2.